The van der Waals surface area contributed by atoms with Gasteiger partial charge in [-0.05, 0) is 38.5 Å². The van der Waals surface area contributed by atoms with E-state index >= 15 is 0 Å². The van der Waals surface area contributed by atoms with Crippen molar-refractivity contribution in [2.24, 2.45) is 0 Å². The van der Waals surface area contributed by atoms with Gasteiger partial charge < -0.3 is 9.47 Å². The van der Waals surface area contributed by atoms with Crippen molar-refractivity contribution in [1.29, 1.82) is 0 Å². The van der Waals surface area contributed by atoms with E-state index in [1.807, 2.05) is 0 Å². The maximum absolute atomic E-state index is 11.5. The molecule has 0 aromatic carbocycles. The van der Waals surface area contributed by atoms with E-state index in [-0.39, 0.29) is 18.0 Å². The highest BCUT2D eigenvalue weighted by Gasteiger charge is 2.17. The second-order valence-electron chi connectivity index (χ2n) is 4.53. The van der Waals surface area contributed by atoms with Gasteiger partial charge in [-0.15, -0.1) is 0 Å². The van der Waals surface area contributed by atoms with Crippen LogP contribution in [0.3, 0.4) is 0 Å². The summed E-state index contributed by atoms with van der Waals surface area (Å²) in [6, 6.07) is 0. The molecule has 0 aromatic rings. The second-order valence-corrected chi connectivity index (χ2v) is 4.53. The summed E-state index contributed by atoms with van der Waals surface area (Å²) in [6.07, 6.45) is 7.92. The summed E-state index contributed by atoms with van der Waals surface area (Å²) in [4.78, 5) is 22.3. The number of ether oxygens (including phenoxy) is 2. The number of esters is 2. The molecule has 4 heteroatoms. The lowest BCUT2D eigenvalue weighted by Gasteiger charge is -2.21. The summed E-state index contributed by atoms with van der Waals surface area (Å²) in [7, 11) is 1.37. The Kier molecular flexibility index (Phi) is 6.67. The molecule has 1 rings (SSSR count). The van der Waals surface area contributed by atoms with E-state index < -0.39 is 0 Å². The fourth-order valence-corrected chi connectivity index (χ4v) is 2.07. The van der Waals surface area contributed by atoms with Crippen LogP contribution in [-0.4, -0.2) is 25.2 Å². The molecule has 1 aliphatic rings. The van der Waals surface area contributed by atoms with E-state index in [2.05, 4.69) is 4.74 Å². The van der Waals surface area contributed by atoms with Crippen molar-refractivity contribution < 1.29 is 19.1 Å². The van der Waals surface area contributed by atoms with Crippen molar-refractivity contribution in [2.75, 3.05) is 7.11 Å². The predicted octanol–water partition coefficient (Wildman–Crippen LogP) is 2.60. The van der Waals surface area contributed by atoms with Crippen LogP contribution in [0, 0.1) is 0 Å². The normalized spacial score (nSPS) is 16.5. The molecule has 4 nitrogen and oxygen atoms in total. The van der Waals surface area contributed by atoms with Crippen LogP contribution in [0.15, 0.2) is 0 Å². The molecule has 0 bridgehead atoms. The number of rotatable bonds is 6. The van der Waals surface area contributed by atoms with Gasteiger partial charge in [-0.2, -0.15) is 0 Å². The van der Waals surface area contributed by atoms with Crippen LogP contribution in [0.5, 0.6) is 0 Å². The Bertz CT molecular complexity index is 244. The van der Waals surface area contributed by atoms with Crippen molar-refractivity contribution in [3.8, 4) is 0 Å². The molecule has 0 aliphatic heterocycles. The third-order valence-electron chi connectivity index (χ3n) is 3.09. The minimum absolute atomic E-state index is 0.123. The molecule has 0 atom stereocenters. The molecular weight excluding hydrogens is 220 g/mol. The Morgan fingerprint density at radius 3 is 2.18 bits per heavy atom. The summed E-state index contributed by atoms with van der Waals surface area (Å²) in [6.45, 7) is 0. The third-order valence-corrected chi connectivity index (χ3v) is 3.09. The zero-order chi connectivity index (χ0) is 12.5. The minimum atomic E-state index is -0.217. The van der Waals surface area contributed by atoms with Gasteiger partial charge in [-0.3, -0.25) is 9.59 Å². The van der Waals surface area contributed by atoms with E-state index in [4.69, 9.17) is 4.74 Å². The predicted molar refractivity (Wildman–Crippen MR) is 63.4 cm³/mol. The molecular formula is C13H22O4. The zero-order valence-corrected chi connectivity index (χ0v) is 10.6. The van der Waals surface area contributed by atoms with Gasteiger partial charge in [0.05, 0.1) is 7.11 Å². The average Bonchev–Trinajstić information content (AvgIpc) is 2.35. The van der Waals surface area contributed by atoms with Gasteiger partial charge in [0.15, 0.2) is 0 Å². The quantitative estimate of drug-likeness (QED) is 0.530. The van der Waals surface area contributed by atoms with E-state index in [0.29, 0.717) is 25.7 Å². The monoisotopic (exact) mass is 242 g/mol. The number of hydrogen-bond donors (Lipinski definition) is 0. The van der Waals surface area contributed by atoms with Crippen molar-refractivity contribution in [3.63, 3.8) is 0 Å². The molecule has 0 unspecified atom stereocenters. The second kappa shape index (κ2) is 8.09. The van der Waals surface area contributed by atoms with Crippen molar-refractivity contribution in [1.82, 2.24) is 0 Å². The summed E-state index contributed by atoms with van der Waals surface area (Å²) in [5.41, 5.74) is 0. The van der Waals surface area contributed by atoms with Gasteiger partial charge in [0.1, 0.15) is 6.10 Å². The lowest BCUT2D eigenvalue weighted by molar-refractivity contribution is -0.151. The first kappa shape index (κ1) is 14.0. The largest absolute Gasteiger partial charge is 0.469 e. The Morgan fingerprint density at radius 1 is 1.00 bits per heavy atom. The molecule has 1 saturated carbocycles. The Labute approximate surface area is 103 Å². The fraction of sp³-hybridized carbons (Fsp3) is 0.846. The lowest BCUT2D eigenvalue weighted by Crippen LogP contribution is -2.20. The maximum atomic E-state index is 11.5. The summed E-state index contributed by atoms with van der Waals surface area (Å²) in [5.74, 6) is -0.340. The molecule has 0 radical (unpaired) electrons. The molecule has 0 aromatic heterocycles. The SMILES string of the molecule is COC(=O)CCCCC(=O)OC1CCCCC1. The number of unbranched alkanes of at least 4 members (excludes halogenated alkanes) is 1. The highest BCUT2D eigenvalue weighted by Crippen LogP contribution is 2.20. The Balaban J connectivity index is 2.02. The molecule has 0 N–H and O–H groups in total. The number of carbonyl (C=O) groups is 2. The highest BCUT2D eigenvalue weighted by molar-refractivity contribution is 5.70. The lowest BCUT2D eigenvalue weighted by atomic mass is 9.98. The Morgan fingerprint density at radius 2 is 1.59 bits per heavy atom. The van der Waals surface area contributed by atoms with Gasteiger partial charge in [0, 0.05) is 12.8 Å². The van der Waals surface area contributed by atoms with Gasteiger partial charge in [0.2, 0.25) is 0 Å². The van der Waals surface area contributed by atoms with Crippen LogP contribution < -0.4 is 0 Å². The molecule has 17 heavy (non-hydrogen) atoms. The van der Waals surface area contributed by atoms with Gasteiger partial charge in [-0.1, -0.05) is 6.42 Å². The molecule has 0 spiro atoms. The number of carbonyl (C=O) groups excluding carboxylic acids is 2. The van der Waals surface area contributed by atoms with Crippen LogP contribution in [0.25, 0.3) is 0 Å². The highest BCUT2D eigenvalue weighted by atomic mass is 16.5. The zero-order valence-electron chi connectivity index (χ0n) is 10.6. The van der Waals surface area contributed by atoms with Crippen LogP contribution in [-0.2, 0) is 19.1 Å². The average molecular weight is 242 g/mol. The van der Waals surface area contributed by atoms with Crippen LogP contribution in [0.1, 0.15) is 57.8 Å². The summed E-state index contributed by atoms with van der Waals surface area (Å²) in [5, 5.41) is 0. The smallest absolute Gasteiger partial charge is 0.306 e. The molecule has 1 fully saturated rings. The summed E-state index contributed by atoms with van der Waals surface area (Å²) >= 11 is 0. The Hall–Kier alpha value is -1.06. The maximum Gasteiger partial charge on any atom is 0.306 e. The molecule has 0 amide bonds. The summed E-state index contributed by atoms with van der Waals surface area (Å²) < 4.78 is 9.89. The van der Waals surface area contributed by atoms with E-state index in [0.717, 1.165) is 12.8 Å². The van der Waals surface area contributed by atoms with E-state index in [9.17, 15) is 9.59 Å². The van der Waals surface area contributed by atoms with Crippen LogP contribution in [0.4, 0.5) is 0 Å². The third kappa shape index (κ3) is 6.29. The number of hydrogen-bond acceptors (Lipinski definition) is 4. The molecule has 0 saturated heterocycles. The standard InChI is InChI=1S/C13H22O4/c1-16-12(14)9-5-6-10-13(15)17-11-7-3-2-4-8-11/h11H,2-10H2,1H3. The van der Waals surface area contributed by atoms with Gasteiger partial charge in [0.25, 0.3) is 0 Å². The molecule has 1 aliphatic carbocycles. The van der Waals surface area contributed by atoms with Crippen molar-refractivity contribution in [3.05, 3.63) is 0 Å². The van der Waals surface area contributed by atoms with Gasteiger partial charge in [-0.25, -0.2) is 0 Å². The van der Waals surface area contributed by atoms with E-state index in [1.54, 1.807) is 0 Å². The van der Waals surface area contributed by atoms with Crippen molar-refractivity contribution >= 4 is 11.9 Å². The van der Waals surface area contributed by atoms with Crippen LogP contribution >= 0.6 is 0 Å². The van der Waals surface area contributed by atoms with Crippen molar-refractivity contribution in [2.45, 2.75) is 63.9 Å². The number of methoxy groups -OCH3 is 1. The topological polar surface area (TPSA) is 52.6 Å². The molecule has 98 valence electrons. The first-order valence-corrected chi connectivity index (χ1v) is 6.48. The minimum Gasteiger partial charge on any atom is -0.469 e. The van der Waals surface area contributed by atoms with Crippen LogP contribution in [0.2, 0.25) is 0 Å². The fourth-order valence-electron chi connectivity index (χ4n) is 2.07. The first-order chi connectivity index (χ1) is 8.22. The van der Waals surface area contributed by atoms with E-state index in [1.165, 1.54) is 26.4 Å². The van der Waals surface area contributed by atoms with Gasteiger partial charge >= 0.3 is 11.9 Å². The first-order valence-electron chi connectivity index (χ1n) is 6.48. The molecule has 0 heterocycles.